The number of hydrogen-bond donors (Lipinski definition) is 1. The molecular weight excluding hydrogens is 292 g/mol. The van der Waals surface area contributed by atoms with Gasteiger partial charge in [-0.3, -0.25) is 4.79 Å². The van der Waals surface area contributed by atoms with Crippen LogP contribution in [0.2, 0.25) is 0 Å². The first-order valence-electron chi connectivity index (χ1n) is 7.99. The molecule has 1 aromatic carbocycles. The zero-order valence-corrected chi connectivity index (χ0v) is 13.2. The molecule has 23 heavy (non-hydrogen) atoms. The number of hydrogen-bond acceptors (Lipinski definition) is 4. The Labute approximate surface area is 135 Å². The average Bonchev–Trinajstić information content (AvgIpc) is 3.02. The number of carbonyl (C=O) groups is 1. The number of rotatable bonds is 3. The Balaban J connectivity index is 1.73. The van der Waals surface area contributed by atoms with Crippen molar-refractivity contribution in [3.05, 3.63) is 29.3 Å². The van der Waals surface area contributed by atoms with Crippen LogP contribution in [-0.2, 0) is 4.79 Å². The van der Waals surface area contributed by atoms with Crippen LogP contribution in [0.5, 0.6) is 11.5 Å². The monoisotopic (exact) mass is 312 g/mol. The van der Waals surface area contributed by atoms with E-state index >= 15 is 0 Å². The molecule has 2 aliphatic rings. The summed E-state index contributed by atoms with van der Waals surface area (Å²) in [6.45, 7) is 2.35. The fourth-order valence-corrected chi connectivity index (χ4v) is 3.10. The Morgan fingerprint density at radius 2 is 2.09 bits per heavy atom. The van der Waals surface area contributed by atoms with Crippen molar-refractivity contribution in [2.45, 2.75) is 38.6 Å². The highest BCUT2D eigenvalue weighted by Gasteiger charge is 2.24. The SMILES string of the molecule is C[C@H]1CCCC[C@@H]1NC(=O)/C(C#N)=C/c1ccc2c(c1)OCO2. The van der Waals surface area contributed by atoms with E-state index in [1.54, 1.807) is 24.3 Å². The lowest BCUT2D eigenvalue weighted by Gasteiger charge is -2.29. The van der Waals surface area contributed by atoms with E-state index in [1.807, 2.05) is 6.07 Å². The van der Waals surface area contributed by atoms with Gasteiger partial charge in [0.05, 0.1) is 0 Å². The lowest BCUT2D eigenvalue weighted by Crippen LogP contribution is -2.41. The van der Waals surface area contributed by atoms with Crippen LogP contribution in [0.3, 0.4) is 0 Å². The van der Waals surface area contributed by atoms with Gasteiger partial charge in [-0.15, -0.1) is 0 Å². The Kier molecular flexibility index (Phi) is 4.52. The molecular formula is C18H20N2O3. The molecule has 1 aromatic rings. The summed E-state index contributed by atoms with van der Waals surface area (Å²) in [5, 5.41) is 12.3. The molecule has 3 rings (SSSR count). The van der Waals surface area contributed by atoms with E-state index in [1.165, 1.54) is 6.42 Å². The third-order valence-corrected chi connectivity index (χ3v) is 4.50. The van der Waals surface area contributed by atoms with Crippen LogP contribution < -0.4 is 14.8 Å². The van der Waals surface area contributed by atoms with E-state index in [4.69, 9.17) is 9.47 Å². The number of nitrogens with one attached hydrogen (secondary N) is 1. The summed E-state index contributed by atoms with van der Waals surface area (Å²) in [5.74, 6) is 1.47. The summed E-state index contributed by atoms with van der Waals surface area (Å²) in [6.07, 6.45) is 6.04. The second-order valence-electron chi connectivity index (χ2n) is 6.12. The second kappa shape index (κ2) is 6.74. The van der Waals surface area contributed by atoms with Gasteiger partial charge in [0.25, 0.3) is 5.91 Å². The topological polar surface area (TPSA) is 71.4 Å². The smallest absolute Gasteiger partial charge is 0.262 e. The minimum absolute atomic E-state index is 0.113. The molecule has 1 aliphatic heterocycles. The standard InChI is InChI=1S/C18H20N2O3/c1-12-4-2-3-5-15(12)20-18(21)14(10-19)8-13-6-7-16-17(9-13)23-11-22-16/h6-9,12,15H,2-5,11H2,1H3,(H,20,21)/b14-8+/t12-,15-/m0/s1. The predicted molar refractivity (Wildman–Crippen MR) is 85.7 cm³/mol. The van der Waals surface area contributed by atoms with E-state index in [2.05, 4.69) is 12.2 Å². The van der Waals surface area contributed by atoms with Crippen molar-refractivity contribution in [3.63, 3.8) is 0 Å². The number of fused-ring (bicyclic) bond motifs is 1. The lowest BCUT2D eigenvalue weighted by molar-refractivity contribution is -0.118. The fourth-order valence-electron chi connectivity index (χ4n) is 3.10. The van der Waals surface area contributed by atoms with Crippen molar-refractivity contribution in [2.75, 3.05) is 6.79 Å². The van der Waals surface area contributed by atoms with E-state index in [-0.39, 0.29) is 24.3 Å². The van der Waals surface area contributed by atoms with Crippen molar-refractivity contribution < 1.29 is 14.3 Å². The molecule has 1 saturated carbocycles. The number of benzene rings is 1. The van der Waals surface area contributed by atoms with Gasteiger partial charge >= 0.3 is 0 Å². The molecule has 5 heteroatoms. The first kappa shape index (κ1) is 15.4. The lowest BCUT2D eigenvalue weighted by atomic mass is 9.86. The molecule has 0 spiro atoms. The zero-order valence-electron chi connectivity index (χ0n) is 13.2. The number of carbonyl (C=O) groups excluding carboxylic acids is 1. The van der Waals surface area contributed by atoms with Gasteiger partial charge in [0.2, 0.25) is 6.79 Å². The van der Waals surface area contributed by atoms with Gasteiger partial charge < -0.3 is 14.8 Å². The third kappa shape index (κ3) is 3.48. The Morgan fingerprint density at radius 3 is 2.87 bits per heavy atom. The first-order chi connectivity index (χ1) is 11.2. The summed E-state index contributed by atoms with van der Waals surface area (Å²) in [4.78, 5) is 12.4. The zero-order chi connectivity index (χ0) is 16.2. The van der Waals surface area contributed by atoms with Crippen LogP contribution in [0.4, 0.5) is 0 Å². The quantitative estimate of drug-likeness (QED) is 0.688. The second-order valence-corrected chi connectivity index (χ2v) is 6.12. The number of amides is 1. The van der Waals surface area contributed by atoms with Gasteiger partial charge in [-0.1, -0.05) is 25.8 Å². The van der Waals surface area contributed by atoms with E-state index in [0.717, 1.165) is 24.8 Å². The molecule has 1 aliphatic carbocycles. The molecule has 1 N–H and O–H groups in total. The maximum Gasteiger partial charge on any atom is 0.262 e. The van der Waals surface area contributed by atoms with Crippen molar-refractivity contribution in [1.29, 1.82) is 5.26 Å². The van der Waals surface area contributed by atoms with Crippen LogP contribution in [-0.4, -0.2) is 18.7 Å². The molecule has 0 bridgehead atoms. The first-order valence-corrected chi connectivity index (χ1v) is 7.99. The van der Waals surface area contributed by atoms with E-state index < -0.39 is 0 Å². The number of nitrogens with zero attached hydrogens (tertiary/aromatic N) is 1. The van der Waals surface area contributed by atoms with Crippen molar-refractivity contribution in [3.8, 4) is 17.6 Å². The summed E-state index contributed by atoms with van der Waals surface area (Å²) >= 11 is 0. The van der Waals surface area contributed by atoms with Crippen LogP contribution in [0.25, 0.3) is 6.08 Å². The highest BCUT2D eigenvalue weighted by molar-refractivity contribution is 6.01. The molecule has 1 amide bonds. The Bertz CT molecular complexity index is 675. The average molecular weight is 312 g/mol. The molecule has 2 atom stereocenters. The van der Waals surface area contributed by atoms with Crippen LogP contribution in [0.1, 0.15) is 38.2 Å². The molecule has 5 nitrogen and oxygen atoms in total. The number of nitriles is 1. The summed E-state index contributed by atoms with van der Waals surface area (Å²) in [7, 11) is 0. The summed E-state index contributed by atoms with van der Waals surface area (Å²) in [5.41, 5.74) is 0.860. The molecule has 0 saturated heterocycles. The maximum absolute atomic E-state index is 12.4. The molecule has 0 unspecified atom stereocenters. The normalized spacial score (nSPS) is 23.2. The molecule has 0 radical (unpaired) electrons. The predicted octanol–water partition coefficient (Wildman–Crippen LogP) is 3.02. The minimum Gasteiger partial charge on any atom is -0.454 e. The van der Waals surface area contributed by atoms with Crippen LogP contribution in [0.15, 0.2) is 23.8 Å². The van der Waals surface area contributed by atoms with Gasteiger partial charge in [0, 0.05) is 6.04 Å². The summed E-state index contributed by atoms with van der Waals surface area (Å²) in [6, 6.07) is 7.52. The van der Waals surface area contributed by atoms with Crippen molar-refractivity contribution in [2.24, 2.45) is 5.92 Å². The third-order valence-electron chi connectivity index (χ3n) is 4.50. The highest BCUT2D eigenvalue weighted by atomic mass is 16.7. The van der Waals surface area contributed by atoms with Crippen molar-refractivity contribution in [1.82, 2.24) is 5.32 Å². The molecule has 1 fully saturated rings. The van der Waals surface area contributed by atoms with Gasteiger partial charge in [-0.25, -0.2) is 0 Å². The largest absolute Gasteiger partial charge is 0.454 e. The summed E-state index contributed by atoms with van der Waals surface area (Å²) < 4.78 is 10.6. The van der Waals surface area contributed by atoms with Crippen LogP contribution in [0, 0.1) is 17.2 Å². The Morgan fingerprint density at radius 1 is 1.30 bits per heavy atom. The van der Waals surface area contributed by atoms with Gasteiger partial charge in [0.15, 0.2) is 11.5 Å². The minimum atomic E-state index is -0.302. The number of ether oxygens (including phenoxy) is 2. The molecule has 120 valence electrons. The van der Waals surface area contributed by atoms with Gasteiger partial charge in [0.1, 0.15) is 11.6 Å². The molecule has 0 aromatic heterocycles. The van der Waals surface area contributed by atoms with Crippen LogP contribution >= 0.6 is 0 Å². The fraction of sp³-hybridized carbons (Fsp3) is 0.444. The van der Waals surface area contributed by atoms with Crippen molar-refractivity contribution >= 4 is 12.0 Å². The van der Waals surface area contributed by atoms with E-state index in [9.17, 15) is 10.1 Å². The maximum atomic E-state index is 12.4. The van der Waals surface area contributed by atoms with Gasteiger partial charge in [-0.05, 0) is 42.5 Å². The van der Waals surface area contributed by atoms with Gasteiger partial charge in [-0.2, -0.15) is 5.26 Å². The highest BCUT2D eigenvalue weighted by Crippen LogP contribution is 2.33. The van der Waals surface area contributed by atoms with E-state index in [0.29, 0.717) is 17.4 Å². The molecule has 1 heterocycles. The Hall–Kier alpha value is -2.48.